The average molecular weight is 458 g/mol. The number of methoxy groups -OCH3 is 2. The van der Waals surface area contributed by atoms with E-state index in [0.717, 1.165) is 17.4 Å². The van der Waals surface area contributed by atoms with Crippen LogP contribution < -0.4 is 19.5 Å². The summed E-state index contributed by atoms with van der Waals surface area (Å²) >= 11 is 0. The normalized spacial score (nSPS) is 10.9. The maximum Gasteiger partial charge on any atom is 0.270 e. The summed E-state index contributed by atoms with van der Waals surface area (Å²) in [6.45, 7) is 0.384. The molecule has 9 nitrogen and oxygen atoms in total. The molecule has 3 aromatic rings. The maximum absolute atomic E-state index is 13.1. The molecule has 2 N–H and O–H groups in total. The second-order valence-corrected chi connectivity index (χ2v) is 8.38. The molecule has 0 aromatic heterocycles. The molecular weight excluding hydrogens is 434 g/mol. The van der Waals surface area contributed by atoms with Crippen LogP contribution in [0, 0.1) is 10.1 Å². The first-order chi connectivity index (χ1) is 15.4. The highest BCUT2D eigenvalue weighted by Crippen LogP contribution is 2.31. The number of non-ortho nitro benzene ring substituents is 1. The molecule has 0 heterocycles. The van der Waals surface area contributed by atoms with Gasteiger partial charge in [-0.25, -0.2) is 8.42 Å². The van der Waals surface area contributed by atoms with E-state index in [-0.39, 0.29) is 22.0 Å². The predicted molar refractivity (Wildman–Crippen MR) is 122 cm³/mol. The number of para-hydroxylation sites is 3. The highest BCUT2D eigenvalue weighted by atomic mass is 32.2. The summed E-state index contributed by atoms with van der Waals surface area (Å²) in [4.78, 5) is 10.4. The molecule has 0 amide bonds. The maximum atomic E-state index is 13.1. The Kier molecular flexibility index (Phi) is 7.16. The minimum atomic E-state index is -4.16. The number of sulfonamides is 1. The van der Waals surface area contributed by atoms with Crippen molar-refractivity contribution >= 4 is 27.1 Å². The van der Waals surface area contributed by atoms with Crippen LogP contribution in [0.5, 0.6) is 11.5 Å². The standard InChI is InChI=1S/C22H23N3O6S/c1-30-20-9-5-3-7-16(20)13-14-23-19-12-11-17(25(26)27)15-22(19)32(28,29)24-18-8-4-6-10-21(18)31-2/h3-12,15,23-24H,13-14H2,1-2H3. The predicted octanol–water partition coefficient (Wildman–Crippen LogP) is 4.07. The van der Waals surface area contributed by atoms with Crippen molar-refractivity contribution in [3.8, 4) is 11.5 Å². The lowest BCUT2D eigenvalue weighted by Crippen LogP contribution is -2.17. The smallest absolute Gasteiger partial charge is 0.270 e. The van der Waals surface area contributed by atoms with Gasteiger partial charge >= 0.3 is 0 Å². The van der Waals surface area contributed by atoms with Crippen LogP contribution in [0.1, 0.15) is 5.56 Å². The molecule has 0 aliphatic carbocycles. The number of rotatable bonds is 10. The van der Waals surface area contributed by atoms with Crippen LogP contribution in [0.25, 0.3) is 0 Å². The van der Waals surface area contributed by atoms with E-state index in [1.807, 2.05) is 24.3 Å². The van der Waals surface area contributed by atoms with E-state index in [1.54, 1.807) is 31.4 Å². The third-order valence-corrected chi connectivity index (χ3v) is 6.12. The summed E-state index contributed by atoms with van der Waals surface area (Å²) < 4.78 is 39.3. The van der Waals surface area contributed by atoms with Gasteiger partial charge in [-0.1, -0.05) is 30.3 Å². The van der Waals surface area contributed by atoms with Gasteiger partial charge in [0.2, 0.25) is 0 Å². The third-order valence-electron chi connectivity index (χ3n) is 4.72. The number of nitro groups is 1. The second-order valence-electron chi connectivity index (χ2n) is 6.73. The third kappa shape index (κ3) is 5.27. The monoisotopic (exact) mass is 457 g/mol. The average Bonchev–Trinajstić information content (AvgIpc) is 2.79. The van der Waals surface area contributed by atoms with Crippen molar-refractivity contribution in [1.29, 1.82) is 0 Å². The zero-order valence-corrected chi connectivity index (χ0v) is 18.4. The number of nitrogens with zero attached hydrogens (tertiary/aromatic N) is 1. The lowest BCUT2D eigenvalue weighted by atomic mass is 10.1. The van der Waals surface area contributed by atoms with E-state index in [2.05, 4.69) is 10.0 Å². The van der Waals surface area contributed by atoms with Crippen molar-refractivity contribution in [2.24, 2.45) is 0 Å². The number of hydrogen-bond acceptors (Lipinski definition) is 7. The molecule has 32 heavy (non-hydrogen) atoms. The molecule has 0 radical (unpaired) electrons. The zero-order chi connectivity index (χ0) is 23.1. The molecule has 168 valence electrons. The number of nitrogens with one attached hydrogen (secondary N) is 2. The Hall–Kier alpha value is -3.79. The zero-order valence-electron chi connectivity index (χ0n) is 17.6. The summed E-state index contributed by atoms with van der Waals surface area (Å²) in [5, 5.41) is 14.3. The number of benzene rings is 3. The van der Waals surface area contributed by atoms with Gasteiger partial charge in [-0.05, 0) is 36.2 Å². The minimum absolute atomic E-state index is 0.224. The summed E-state index contributed by atoms with van der Waals surface area (Å²) in [5.74, 6) is 1.05. The van der Waals surface area contributed by atoms with Gasteiger partial charge in [0.05, 0.1) is 30.5 Å². The van der Waals surface area contributed by atoms with Crippen molar-refractivity contribution in [3.63, 3.8) is 0 Å². The molecule has 3 aromatic carbocycles. The Labute approximate surface area is 186 Å². The van der Waals surface area contributed by atoms with Gasteiger partial charge in [0.1, 0.15) is 16.4 Å². The van der Waals surface area contributed by atoms with Crippen molar-refractivity contribution in [2.45, 2.75) is 11.3 Å². The molecule has 10 heteroatoms. The Morgan fingerprint density at radius 1 is 0.906 bits per heavy atom. The number of hydrogen-bond donors (Lipinski definition) is 2. The fraction of sp³-hybridized carbons (Fsp3) is 0.182. The molecule has 0 atom stereocenters. The molecule has 0 unspecified atom stereocenters. The van der Waals surface area contributed by atoms with Gasteiger partial charge in [0.15, 0.2) is 0 Å². The molecular formula is C22H23N3O6S. The molecule has 0 aliphatic heterocycles. The van der Waals surface area contributed by atoms with Crippen LogP contribution in [-0.4, -0.2) is 34.1 Å². The Bertz CT molecular complexity index is 1210. The topological polar surface area (TPSA) is 120 Å². The number of ether oxygens (including phenoxy) is 2. The summed E-state index contributed by atoms with van der Waals surface area (Å²) in [5.41, 5.74) is 1.08. The van der Waals surface area contributed by atoms with Crippen LogP contribution in [0.15, 0.2) is 71.6 Å². The fourth-order valence-electron chi connectivity index (χ4n) is 3.16. The molecule has 0 saturated carbocycles. The van der Waals surface area contributed by atoms with Gasteiger partial charge in [-0.3, -0.25) is 14.8 Å². The largest absolute Gasteiger partial charge is 0.496 e. The fourth-order valence-corrected chi connectivity index (χ4v) is 4.44. The lowest BCUT2D eigenvalue weighted by molar-refractivity contribution is -0.385. The van der Waals surface area contributed by atoms with Crippen LogP contribution >= 0.6 is 0 Å². The van der Waals surface area contributed by atoms with Crippen molar-refractivity contribution < 1.29 is 22.8 Å². The highest BCUT2D eigenvalue weighted by molar-refractivity contribution is 7.93. The first kappa shape index (κ1) is 22.9. The van der Waals surface area contributed by atoms with E-state index in [0.29, 0.717) is 18.7 Å². The lowest BCUT2D eigenvalue weighted by Gasteiger charge is -2.16. The first-order valence-electron chi connectivity index (χ1n) is 9.65. The molecule has 0 saturated heterocycles. The van der Waals surface area contributed by atoms with Crippen molar-refractivity contribution in [3.05, 3.63) is 82.4 Å². The molecule has 0 aliphatic rings. The number of anilines is 2. The van der Waals surface area contributed by atoms with Gasteiger partial charge < -0.3 is 14.8 Å². The highest BCUT2D eigenvalue weighted by Gasteiger charge is 2.23. The van der Waals surface area contributed by atoms with E-state index in [9.17, 15) is 18.5 Å². The molecule has 0 spiro atoms. The molecule has 3 rings (SSSR count). The van der Waals surface area contributed by atoms with E-state index < -0.39 is 14.9 Å². The van der Waals surface area contributed by atoms with Gasteiger partial charge in [0, 0.05) is 18.7 Å². The molecule has 0 bridgehead atoms. The first-order valence-corrected chi connectivity index (χ1v) is 11.1. The molecule has 0 fully saturated rings. The summed E-state index contributed by atoms with van der Waals surface area (Å²) in [6.07, 6.45) is 0.556. The Balaban J connectivity index is 1.89. The van der Waals surface area contributed by atoms with Gasteiger partial charge in [-0.15, -0.1) is 0 Å². The summed E-state index contributed by atoms with van der Waals surface area (Å²) in [6, 6.07) is 17.7. The van der Waals surface area contributed by atoms with Crippen LogP contribution in [-0.2, 0) is 16.4 Å². The SMILES string of the molecule is COc1ccccc1CCNc1ccc([N+](=O)[O-])cc1S(=O)(=O)Nc1ccccc1OC. The number of nitro benzene ring substituents is 1. The van der Waals surface area contributed by atoms with E-state index in [1.165, 1.54) is 19.2 Å². The summed E-state index contributed by atoms with van der Waals surface area (Å²) in [7, 11) is -1.16. The van der Waals surface area contributed by atoms with Crippen LogP contribution in [0.3, 0.4) is 0 Å². The van der Waals surface area contributed by atoms with Gasteiger partial charge in [0.25, 0.3) is 15.7 Å². The van der Waals surface area contributed by atoms with Crippen molar-refractivity contribution in [1.82, 2.24) is 0 Å². The Morgan fingerprint density at radius 3 is 2.25 bits per heavy atom. The second kappa shape index (κ2) is 10.0. The Morgan fingerprint density at radius 2 is 1.56 bits per heavy atom. The van der Waals surface area contributed by atoms with Gasteiger partial charge in [-0.2, -0.15) is 0 Å². The van der Waals surface area contributed by atoms with Crippen LogP contribution in [0.4, 0.5) is 17.1 Å². The van der Waals surface area contributed by atoms with E-state index >= 15 is 0 Å². The van der Waals surface area contributed by atoms with E-state index in [4.69, 9.17) is 9.47 Å². The quantitative estimate of drug-likeness (QED) is 0.348. The minimum Gasteiger partial charge on any atom is -0.496 e. The van der Waals surface area contributed by atoms with Crippen LogP contribution in [0.2, 0.25) is 0 Å². The van der Waals surface area contributed by atoms with Crippen molar-refractivity contribution in [2.75, 3.05) is 30.8 Å².